The highest BCUT2D eigenvalue weighted by Gasteiger charge is 2.42. The molecule has 0 saturated carbocycles. The van der Waals surface area contributed by atoms with E-state index < -0.39 is 11.8 Å². The van der Waals surface area contributed by atoms with E-state index in [0.29, 0.717) is 29.3 Å². The molecule has 3 aromatic rings. The van der Waals surface area contributed by atoms with Crippen LogP contribution in [0.25, 0.3) is 10.9 Å². The number of nitrogens with one attached hydrogen (secondary N) is 1. The zero-order valence-electron chi connectivity index (χ0n) is 18.8. The summed E-state index contributed by atoms with van der Waals surface area (Å²) >= 11 is 1.46. The molecule has 0 fully saturated rings. The Kier molecular flexibility index (Phi) is 5.52. The number of nitrogens with zero attached hydrogens (tertiary/aromatic N) is 1. The van der Waals surface area contributed by atoms with Gasteiger partial charge in [-0.15, -0.1) is 11.8 Å². The van der Waals surface area contributed by atoms with Crippen molar-refractivity contribution in [2.75, 3.05) is 12.4 Å². The van der Waals surface area contributed by atoms with Gasteiger partial charge >= 0.3 is 0 Å². The maximum atomic E-state index is 13.5. The quantitative estimate of drug-likeness (QED) is 0.470. The van der Waals surface area contributed by atoms with Crippen LogP contribution in [0.3, 0.4) is 0 Å². The first-order valence-electron chi connectivity index (χ1n) is 10.9. The minimum atomic E-state index is -1.63. The molecule has 1 atom stereocenters. The van der Waals surface area contributed by atoms with Gasteiger partial charge < -0.3 is 24.7 Å². The van der Waals surface area contributed by atoms with E-state index in [4.69, 9.17) is 9.47 Å². The number of aromatic amines is 1. The lowest BCUT2D eigenvalue weighted by Crippen LogP contribution is -2.43. The topological polar surface area (TPSA) is 87.1 Å². The van der Waals surface area contributed by atoms with Gasteiger partial charge in [-0.05, 0) is 79.2 Å². The minimum absolute atomic E-state index is 0.248. The van der Waals surface area contributed by atoms with Crippen molar-refractivity contribution in [2.24, 2.45) is 4.99 Å². The predicted molar refractivity (Wildman–Crippen MR) is 127 cm³/mol. The van der Waals surface area contributed by atoms with Crippen LogP contribution in [0, 0.1) is 12.7 Å². The molecule has 2 aliphatic rings. The molecule has 1 unspecified atom stereocenters. The van der Waals surface area contributed by atoms with Gasteiger partial charge in [0.2, 0.25) is 0 Å². The second-order valence-corrected chi connectivity index (χ2v) is 10.4. The Bertz CT molecular complexity index is 1250. The minimum Gasteiger partial charge on any atom is -0.486 e. The largest absolute Gasteiger partial charge is 0.486 e. The number of aliphatic hydroxyl groups is 2. The third-order valence-corrected chi connectivity index (χ3v) is 7.63. The van der Waals surface area contributed by atoms with E-state index in [1.807, 2.05) is 32.9 Å². The summed E-state index contributed by atoms with van der Waals surface area (Å²) in [6.45, 7) is 6.95. The van der Waals surface area contributed by atoms with Gasteiger partial charge in [-0.1, -0.05) is 0 Å². The number of fused-ring (bicyclic) bond motifs is 2. The summed E-state index contributed by atoms with van der Waals surface area (Å²) in [6.07, 6.45) is -1.34. The molecule has 3 N–H and O–H groups in total. The molecule has 2 aliphatic heterocycles. The van der Waals surface area contributed by atoms with Crippen molar-refractivity contribution < 1.29 is 24.1 Å². The molecule has 2 aromatic carbocycles. The first-order valence-corrected chi connectivity index (χ1v) is 11.9. The average molecular weight is 471 g/mol. The van der Waals surface area contributed by atoms with E-state index in [-0.39, 0.29) is 18.0 Å². The Hall–Kier alpha value is -2.39. The highest BCUT2D eigenvalue weighted by atomic mass is 32.2. The molecule has 0 spiro atoms. The zero-order chi connectivity index (χ0) is 23.4. The molecule has 8 heteroatoms. The lowest BCUT2D eigenvalue weighted by atomic mass is 9.94. The van der Waals surface area contributed by atoms with Gasteiger partial charge in [0.15, 0.2) is 6.29 Å². The van der Waals surface area contributed by atoms with Crippen LogP contribution in [0.4, 0.5) is 4.39 Å². The zero-order valence-corrected chi connectivity index (χ0v) is 19.6. The van der Waals surface area contributed by atoms with E-state index in [0.717, 1.165) is 28.0 Å². The number of aliphatic imine (C=N–C) groups is 1. The summed E-state index contributed by atoms with van der Waals surface area (Å²) in [5.41, 5.74) is 3.33. The number of H-pyrrole nitrogens is 1. The van der Waals surface area contributed by atoms with Crippen molar-refractivity contribution in [3.8, 4) is 5.75 Å². The molecular weight excluding hydrogens is 443 g/mol. The van der Waals surface area contributed by atoms with Gasteiger partial charge in [0.1, 0.15) is 28.8 Å². The molecule has 3 heterocycles. The van der Waals surface area contributed by atoms with Gasteiger partial charge in [0.25, 0.3) is 0 Å². The smallest absolute Gasteiger partial charge is 0.178 e. The second-order valence-electron chi connectivity index (χ2n) is 9.34. The molecule has 0 radical (unpaired) electrons. The number of benzene rings is 2. The fourth-order valence-corrected chi connectivity index (χ4v) is 5.67. The molecule has 0 saturated heterocycles. The Morgan fingerprint density at radius 3 is 2.85 bits per heavy atom. The number of hydrogen-bond donors (Lipinski definition) is 3. The van der Waals surface area contributed by atoms with Gasteiger partial charge in [-0.2, -0.15) is 0 Å². The van der Waals surface area contributed by atoms with Crippen LogP contribution in [0.1, 0.15) is 36.2 Å². The standard InChI is InChI=1S/C25H27FN2O4S/c1-14-6-16-11-32-24(2,3)19(16)9-21(14)31-12-22-28-25(13-33-22,23(29)30)10-18-7-15-4-5-17(26)8-20(15)27-18/h4-9,23,27,29-30H,10-13H2,1-3H3. The van der Waals surface area contributed by atoms with E-state index in [9.17, 15) is 14.6 Å². The van der Waals surface area contributed by atoms with Crippen LogP contribution in [0.2, 0.25) is 0 Å². The number of aryl methyl sites for hydroxylation is 1. The lowest BCUT2D eigenvalue weighted by molar-refractivity contribution is -0.0873. The summed E-state index contributed by atoms with van der Waals surface area (Å²) < 4.78 is 25.5. The SMILES string of the molecule is Cc1cc2c(cc1OCC1=NC(Cc3cc4ccc(F)cc4[nH]3)(C(O)O)CS1)C(C)(C)OC2. The van der Waals surface area contributed by atoms with Gasteiger partial charge in [0, 0.05) is 23.4 Å². The van der Waals surface area contributed by atoms with Crippen LogP contribution in [-0.4, -0.2) is 44.4 Å². The summed E-state index contributed by atoms with van der Waals surface area (Å²) in [6, 6.07) is 10.6. The normalized spacial score (nSPS) is 21.6. The molecule has 0 aliphatic carbocycles. The Labute approximate surface area is 195 Å². The number of aliphatic hydroxyl groups excluding tert-OH is 1. The van der Waals surface area contributed by atoms with Crippen molar-refractivity contribution in [1.29, 1.82) is 0 Å². The van der Waals surface area contributed by atoms with Crippen LogP contribution >= 0.6 is 11.8 Å². The fraction of sp³-hybridized carbons (Fsp3) is 0.400. The van der Waals surface area contributed by atoms with Crippen LogP contribution < -0.4 is 4.74 Å². The monoisotopic (exact) mass is 470 g/mol. The van der Waals surface area contributed by atoms with Gasteiger partial charge in [-0.3, -0.25) is 4.99 Å². The Balaban J connectivity index is 1.35. The fourth-order valence-electron chi connectivity index (χ4n) is 4.55. The number of hydrogen-bond acceptors (Lipinski definition) is 6. The number of halogens is 1. The average Bonchev–Trinajstić information content (AvgIpc) is 3.42. The summed E-state index contributed by atoms with van der Waals surface area (Å²) in [5, 5.41) is 22.0. The lowest BCUT2D eigenvalue weighted by Gasteiger charge is -2.26. The molecule has 1 aromatic heterocycles. The number of thioether (sulfide) groups is 1. The van der Waals surface area contributed by atoms with Crippen molar-refractivity contribution in [2.45, 2.75) is 51.2 Å². The number of rotatable bonds is 6. The molecule has 0 amide bonds. The van der Waals surface area contributed by atoms with Crippen molar-refractivity contribution in [3.63, 3.8) is 0 Å². The predicted octanol–water partition coefficient (Wildman–Crippen LogP) is 4.20. The first-order chi connectivity index (χ1) is 15.6. The molecule has 6 nitrogen and oxygen atoms in total. The summed E-state index contributed by atoms with van der Waals surface area (Å²) in [4.78, 5) is 7.85. The van der Waals surface area contributed by atoms with Gasteiger partial charge in [-0.25, -0.2) is 4.39 Å². The van der Waals surface area contributed by atoms with Crippen LogP contribution in [0.15, 0.2) is 41.4 Å². The molecule has 0 bridgehead atoms. The van der Waals surface area contributed by atoms with E-state index in [2.05, 4.69) is 16.0 Å². The maximum Gasteiger partial charge on any atom is 0.178 e. The third kappa shape index (κ3) is 4.17. The summed E-state index contributed by atoms with van der Waals surface area (Å²) in [5.74, 6) is 0.866. The Morgan fingerprint density at radius 2 is 2.06 bits per heavy atom. The molecule has 33 heavy (non-hydrogen) atoms. The maximum absolute atomic E-state index is 13.5. The molecular formula is C25H27FN2O4S. The van der Waals surface area contributed by atoms with Crippen molar-refractivity contribution >= 4 is 27.7 Å². The van der Waals surface area contributed by atoms with E-state index in [1.54, 1.807) is 6.07 Å². The number of aromatic nitrogens is 1. The summed E-state index contributed by atoms with van der Waals surface area (Å²) in [7, 11) is 0. The Morgan fingerprint density at radius 1 is 1.24 bits per heavy atom. The van der Waals surface area contributed by atoms with E-state index >= 15 is 0 Å². The van der Waals surface area contributed by atoms with Crippen molar-refractivity contribution in [3.05, 3.63) is 64.6 Å². The van der Waals surface area contributed by atoms with Crippen LogP contribution in [-0.2, 0) is 23.4 Å². The second kappa shape index (κ2) is 8.13. The van der Waals surface area contributed by atoms with E-state index in [1.165, 1.54) is 29.5 Å². The van der Waals surface area contributed by atoms with Crippen LogP contribution in [0.5, 0.6) is 5.75 Å². The highest BCUT2D eigenvalue weighted by molar-refractivity contribution is 8.14. The molecule has 174 valence electrons. The molecule has 5 rings (SSSR count). The third-order valence-electron chi connectivity index (χ3n) is 6.44. The first kappa shape index (κ1) is 22.4. The van der Waals surface area contributed by atoms with Crippen molar-refractivity contribution in [1.82, 2.24) is 4.98 Å². The highest BCUT2D eigenvalue weighted by Crippen LogP contribution is 2.40. The van der Waals surface area contributed by atoms with Gasteiger partial charge in [0.05, 0.1) is 12.2 Å². The number of ether oxygens (including phenoxy) is 2.